The van der Waals surface area contributed by atoms with Crippen molar-refractivity contribution in [3.63, 3.8) is 0 Å². The highest BCUT2D eigenvalue weighted by Gasteiger charge is 2.71. The Morgan fingerprint density at radius 2 is 1.67 bits per heavy atom. The molecular formula is C39H60N4O6. The van der Waals surface area contributed by atoms with Crippen molar-refractivity contribution in [1.29, 1.82) is 0 Å². The minimum Gasteiger partial charge on any atom is -0.481 e. The first-order valence-corrected chi connectivity index (χ1v) is 18.8. The molecule has 5 aliphatic rings. The molecule has 6 rings (SSSR count). The summed E-state index contributed by atoms with van der Waals surface area (Å²) in [6.07, 6.45) is 11.7. The van der Waals surface area contributed by atoms with E-state index in [1.54, 1.807) is 13.8 Å². The van der Waals surface area contributed by atoms with Crippen LogP contribution in [0.2, 0.25) is 0 Å². The molecule has 10 nitrogen and oxygen atoms in total. The molecule has 49 heavy (non-hydrogen) atoms. The minimum atomic E-state index is -1.15. The van der Waals surface area contributed by atoms with Gasteiger partial charge < -0.3 is 14.6 Å². The third-order valence-corrected chi connectivity index (χ3v) is 16.0. The summed E-state index contributed by atoms with van der Waals surface area (Å²) in [7, 11) is 0. The molecule has 0 spiro atoms. The maximum Gasteiger partial charge on any atom is 0.380 e. The van der Waals surface area contributed by atoms with Gasteiger partial charge in [0.05, 0.1) is 18.4 Å². The number of nitrogens with one attached hydrogen (secondary N) is 1. The Balaban J connectivity index is 1.22. The van der Waals surface area contributed by atoms with Crippen LogP contribution in [0.1, 0.15) is 143 Å². The molecule has 1 heterocycles. The van der Waals surface area contributed by atoms with Gasteiger partial charge in [-0.15, -0.1) is 10.2 Å². The number of carbonyl (C=O) groups is 3. The zero-order chi connectivity index (χ0) is 35.8. The molecule has 10 heteroatoms. The van der Waals surface area contributed by atoms with E-state index in [-0.39, 0.29) is 45.4 Å². The Hall–Kier alpha value is -2.78. The Morgan fingerprint density at radius 1 is 0.939 bits per heavy atom. The number of aliphatic carboxylic acids is 1. The number of carboxylic acid groups (broad SMARTS) is 1. The summed E-state index contributed by atoms with van der Waals surface area (Å²) in [5, 5.41) is 23.0. The van der Waals surface area contributed by atoms with Crippen LogP contribution in [0, 0.1) is 62.1 Å². The number of aromatic nitrogens is 4. The average Bonchev–Trinajstić information content (AvgIpc) is 3.68. The topological polar surface area (TPSA) is 144 Å². The molecule has 0 aliphatic heterocycles. The van der Waals surface area contributed by atoms with E-state index in [4.69, 9.17) is 9.47 Å². The number of tetrazole rings is 1. The number of H-pyrrole nitrogens is 1. The summed E-state index contributed by atoms with van der Waals surface area (Å²) in [6, 6.07) is 0. The largest absolute Gasteiger partial charge is 0.481 e. The van der Waals surface area contributed by atoms with Crippen LogP contribution >= 0.6 is 0 Å². The summed E-state index contributed by atoms with van der Waals surface area (Å²) in [5.74, 6) is 0.669. The molecule has 5 aliphatic carbocycles. The number of esters is 2. The molecule has 5 fully saturated rings. The van der Waals surface area contributed by atoms with Crippen LogP contribution in [0.3, 0.4) is 0 Å². The minimum absolute atomic E-state index is 0.0237. The van der Waals surface area contributed by atoms with Crippen LogP contribution in [0.15, 0.2) is 12.2 Å². The molecular weight excluding hydrogens is 620 g/mol. The maximum atomic E-state index is 13.1. The first-order chi connectivity index (χ1) is 22.8. The van der Waals surface area contributed by atoms with Crippen LogP contribution in [-0.2, 0) is 19.1 Å². The van der Waals surface area contributed by atoms with Crippen molar-refractivity contribution in [2.75, 3.05) is 6.61 Å². The van der Waals surface area contributed by atoms with Crippen LogP contribution in [0.25, 0.3) is 0 Å². The van der Waals surface area contributed by atoms with E-state index in [1.807, 2.05) is 0 Å². The summed E-state index contributed by atoms with van der Waals surface area (Å²) in [5.41, 5.74) is 0.587. The maximum absolute atomic E-state index is 13.1. The number of rotatable bonds is 9. The number of hydrogen-bond acceptors (Lipinski definition) is 8. The summed E-state index contributed by atoms with van der Waals surface area (Å²) >= 11 is 0. The van der Waals surface area contributed by atoms with Gasteiger partial charge >= 0.3 is 17.9 Å². The summed E-state index contributed by atoms with van der Waals surface area (Å²) < 4.78 is 11.9. The van der Waals surface area contributed by atoms with E-state index >= 15 is 0 Å². The number of ether oxygens (including phenoxy) is 2. The van der Waals surface area contributed by atoms with Crippen LogP contribution < -0.4 is 0 Å². The smallest absolute Gasteiger partial charge is 0.380 e. The number of hydrogen-bond donors (Lipinski definition) is 2. The highest BCUT2D eigenvalue weighted by atomic mass is 16.5. The number of carbonyl (C=O) groups excluding carboxylic acids is 2. The predicted molar refractivity (Wildman–Crippen MR) is 184 cm³/mol. The van der Waals surface area contributed by atoms with Gasteiger partial charge in [-0.2, -0.15) is 5.21 Å². The number of allylic oxidation sites excluding steroid dienone is 1. The lowest BCUT2D eigenvalue weighted by Crippen LogP contribution is -2.66. The van der Waals surface area contributed by atoms with Gasteiger partial charge in [0.25, 0.3) is 5.82 Å². The fourth-order valence-electron chi connectivity index (χ4n) is 13.2. The van der Waals surface area contributed by atoms with Crippen molar-refractivity contribution < 1.29 is 29.0 Å². The molecule has 0 saturated heterocycles. The van der Waals surface area contributed by atoms with Gasteiger partial charge in [-0.05, 0) is 148 Å². The van der Waals surface area contributed by atoms with Crippen molar-refractivity contribution in [2.24, 2.45) is 62.1 Å². The van der Waals surface area contributed by atoms with E-state index in [1.165, 1.54) is 31.3 Å². The van der Waals surface area contributed by atoms with E-state index in [9.17, 15) is 19.5 Å². The zero-order valence-corrected chi connectivity index (χ0v) is 31.2. The second-order valence-corrected chi connectivity index (χ2v) is 18.9. The summed E-state index contributed by atoms with van der Waals surface area (Å²) in [6.45, 7) is 22.7. The first-order valence-electron chi connectivity index (χ1n) is 18.8. The van der Waals surface area contributed by atoms with Crippen LogP contribution in [0.4, 0.5) is 0 Å². The van der Waals surface area contributed by atoms with Crippen LogP contribution in [0.5, 0.6) is 0 Å². The summed E-state index contributed by atoms with van der Waals surface area (Å²) in [4.78, 5) is 37.3. The molecule has 1 aromatic heterocycles. The number of fused-ring (bicyclic) bond motifs is 7. The van der Waals surface area contributed by atoms with E-state index in [0.29, 0.717) is 36.2 Å². The highest BCUT2D eigenvalue weighted by molar-refractivity contribution is 5.84. The average molecular weight is 681 g/mol. The van der Waals surface area contributed by atoms with E-state index in [0.717, 1.165) is 44.9 Å². The van der Waals surface area contributed by atoms with Crippen LogP contribution in [-0.4, -0.2) is 56.3 Å². The fourth-order valence-corrected chi connectivity index (χ4v) is 13.2. The molecule has 0 radical (unpaired) electrons. The molecule has 0 bridgehead atoms. The van der Waals surface area contributed by atoms with Gasteiger partial charge in [-0.3, -0.25) is 9.59 Å². The first kappa shape index (κ1) is 36.0. The van der Waals surface area contributed by atoms with Gasteiger partial charge in [0.2, 0.25) is 0 Å². The van der Waals surface area contributed by atoms with Crippen molar-refractivity contribution in [3.8, 4) is 0 Å². The van der Waals surface area contributed by atoms with E-state index < -0.39 is 23.3 Å². The van der Waals surface area contributed by atoms with Gasteiger partial charge in [0, 0.05) is 5.41 Å². The fraction of sp³-hybridized carbons (Fsp3) is 0.846. The third kappa shape index (κ3) is 5.56. The second-order valence-electron chi connectivity index (χ2n) is 18.9. The normalized spacial score (nSPS) is 41.0. The number of carboxylic acids is 1. The van der Waals surface area contributed by atoms with E-state index in [2.05, 4.69) is 68.7 Å². The lowest BCUT2D eigenvalue weighted by Gasteiger charge is -2.73. The molecule has 5 saturated carbocycles. The lowest BCUT2D eigenvalue weighted by atomic mass is 9.32. The molecule has 10 atom stereocenters. The molecule has 0 unspecified atom stereocenters. The second kappa shape index (κ2) is 12.2. The highest BCUT2D eigenvalue weighted by Crippen LogP contribution is 2.78. The molecule has 0 aromatic carbocycles. The Labute approximate surface area is 292 Å². The van der Waals surface area contributed by atoms with Crippen molar-refractivity contribution in [1.82, 2.24) is 20.6 Å². The van der Waals surface area contributed by atoms with Crippen molar-refractivity contribution in [3.05, 3.63) is 18.0 Å². The molecule has 272 valence electrons. The molecule has 1 aromatic rings. The zero-order valence-electron chi connectivity index (χ0n) is 31.2. The van der Waals surface area contributed by atoms with Gasteiger partial charge in [0.1, 0.15) is 6.10 Å². The molecule has 2 N–H and O–H groups in total. The lowest BCUT2D eigenvalue weighted by molar-refractivity contribution is -0.251. The number of nitrogens with zero attached hydrogens (tertiary/aromatic N) is 3. The number of aromatic amines is 1. The van der Waals surface area contributed by atoms with Crippen molar-refractivity contribution >= 4 is 17.9 Å². The third-order valence-electron chi connectivity index (χ3n) is 16.0. The Bertz CT molecular complexity index is 1470. The standard InChI is InChI=1S/C39H60N4O6/c1-23(2)24-12-17-39(20-21-48-32(45)31-40-42-43-41-31)19-18-37(8)25(30(24)39)10-11-27-36(7)15-14-28(49-29(44)22-34(3,4)33(46)47)35(5,6)26(36)13-16-38(27,37)9/h24-28,30H,1,10-22H2,2-9H3,(H,46,47)(H,40,41,42,43)/t24-,25+,26-,27+,28-,30+,36-,37+,38+,39+/m0/s1. The Kier molecular flexibility index (Phi) is 8.95. The van der Waals surface area contributed by atoms with Gasteiger partial charge in [0.15, 0.2) is 0 Å². The van der Waals surface area contributed by atoms with Gasteiger partial charge in [-0.1, -0.05) is 46.8 Å². The van der Waals surface area contributed by atoms with Gasteiger partial charge in [-0.25, -0.2) is 4.79 Å². The Morgan fingerprint density at radius 3 is 2.33 bits per heavy atom. The van der Waals surface area contributed by atoms with Crippen molar-refractivity contribution in [2.45, 2.75) is 139 Å². The SMILES string of the molecule is C=C(C)[C@@H]1CC[C@]2(CCOC(=O)c3nn[nH]n3)CC[C@]3(C)[C@H](CC[C@@H]4[C@@]5(C)CC[C@H](OC(=O)CC(C)(C)C(=O)O)C(C)(C)[C@@H]5CC[C@]43C)[C@@H]12. The molecule has 0 amide bonds. The quantitative estimate of drug-likeness (QED) is 0.197. The monoisotopic (exact) mass is 680 g/mol. The predicted octanol–water partition coefficient (Wildman–Crippen LogP) is 7.82.